The lowest BCUT2D eigenvalue weighted by molar-refractivity contribution is -0.384. The van der Waals surface area contributed by atoms with Gasteiger partial charge in [-0.3, -0.25) is 14.8 Å². The Morgan fingerprint density at radius 1 is 1.19 bits per heavy atom. The van der Waals surface area contributed by atoms with Gasteiger partial charge >= 0.3 is 0 Å². The normalized spacial score (nSPS) is 11.1. The van der Waals surface area contributed by atoms with Crippen molar-refractivity contribution >= 4 is 44.6 Å². The summed E-state index contributed by atoms with van der Waals surface area (Å²) in [6.45, 7) is 0. The monoisotopic (exact) mass is 347 g/mol. The molecular weight excluding hydrogens is 341 g/mol. The number of nitrogens with one attached hydrogen (secondary N) is 1. The second-order valence-corrected chi connectivity index (χ2v) is 6.32. The lowest BCUT2D eigenvalue weighted by Crippen LogP contribution is -2.13. The predicted octanol–water partition coefficient (Wildman–Crippen LogP) is 3.10. The molecule has 21 heavy (non-hydrogen) atoms. The minimum Gasteiger partial charge on any atom is -0.280 e. The molecule has 0 saturated carbocycles. The average Bonchev–Trinajstić information content (AvgIpc) is 2.37. The highest BCUT2D eigenvalue weighted by molar-refractivity contribution is 7.92. The molecule has 1 N–H and O–H groups in total. The van der Waals surface area contributed by atoms with Gasteiger partial charge in [0, 0.05) is 12.3 Å². The van der Waals surface area contributed by atoms with Crippen molar-refractivity contribution in [3.63, 3.8) is 0 Å². The number of aromatic nitrogens is 1. The molecule has 10 heteroatoms. The van der Waals surface area contributed by atoms with Gasteiger partial charge in [-0.05, 0) is 24.3 Å². The number of nitro groups is 1. The van der Waals surface area contributed by atoms with Crippen molar-refractivity contribution in [3.05, 3.63) is 56.8 Å². The first kappa shape index (κ1) is 15.5. The first-order chi connectivity index (χ1) is 9.79. The summed E-state index contributed by atoms with van der Waals surface area (Å²) in [5.74, 6) is 0. The summed E-state index contributed by atoms with van der Waals surface area (Å²) < 4.78 is 26.5. The minimum atomic E-state index is -3.89. The molecule has 0 bridgehead atoms. The first-order valence-corrected chi connectivity index (χ1v) is 7.62. The van der Waals surface area contributed by atoms with Crippen LogP contribution in [0.3, 0.4) is 0 Å². The summed E-state index contributed by atoms with van der Waals surface area (Å²) in [6, 6.07) is 5.95. The van der Waals surface area contributed by atoms with Crippen molar-refractivity contribution in [2.24, 2.45) is 0 Å². The van der Waals surface area contributed by atoms with Gasteiger partial charge in [-0.25, -0.2) is 13.4 Å². The molecule has 0 unspecified atom stereocenters. The Morgan fingerprint density at radius 2 is 1.90 bits per heavy atom. The van der Waals surface area contributed by atoms with Gasteiger partial charge in [0.1, 0.15) is 10.2 Å². The van der Waals surface area contributed by atoms with E-state index < -0.39 is 14.9 Å². The fourth-order valence-corrected chi connectivity index (χ4v) is 3.03. The summed E-state index contributed by atoms with van der Waals surface area (Å²) in [5, 5.41) is 10.5. The maximum atomic E-state index is 12.1. The van der Waals surface area contributed by atoms with Crippen LogP contribution in [0.1, 0.15) is 0 Å². The molecule has 7 nitrogen and oxygen atoms in total. The number of nitrogens with zero attached hydrogens (tertiary/aromatic N) is 2. The van der Waals surface area contributed by atoms with Gasteiger partial charge < -0.3 is 0 Å². The third-order valence-corrected chi connectivity index (χ3v) is 4.29. The summed E-state index contributed by atoms with van der Waals surface area (Å²) >= 11 is 11.4. The summed E-state index contributed by atoms with van der Waals surface area (Å²) in [5.41, 5.74) is -0.217. The van der Waals surface area contributed by atoms with Crippen LogP contribution in [0.2, 0.25) is 10.2 Å². The maximum Gasteiger partial charge on any atom is 0.288 e. The lowest BCUT2D eigenvalue weighted by Gasteiger charge is -2.08. The van der Waals surface area contributed by atoms with Gasteiger partial charge in [0.15, 0.2) is 0 Å². The van der Waals surface area contributed by atoms with Crippen LogP contribution < -0.4 is 4.72 Å². The fourth-order valence-electron chi connectivity index (χ4n) is 1.48. The van der Waals surface area contributed by atoms with E-state index in [1.54, 1.807) is 0 Å². The molecule has 2 aromatic rings. The van der Waals surface area contributed by atoms with Crippen molar-refractivity contribution in [1.82, 2.24) is 4.98 Å². The number of sulfonamides is 1. The average molecular weight is 348 g/mol. The Balaban J connectivity index is 2.33. The van der Waals surface area contributed by atoms with Gasteiger partial charge in [-0.2, -0.15) is 0 Å². The molecule has 0 fully saturated rings. The molecule has 1 aromatic carbocycles. The Bertz CT molecular complexity index is 811. The third-order valence-electron chi connectivity index (χ3n) is 2.40. The van der Waals surface area contributed by atoms with E-state index in [4.69, 9.17) is 23.2 Å². The van der Waals surface area contributed by atoms with Gasteiger partial charge in [0.25, 0.3) is 15.7 Å². The SMILES string of the molecule is O=[N+]([O-])c1ccc(NS(=O)(=O)c2ccnc(Cl)c2)cc1Cl. The molecule has 0 aliphatic carbocycles. The van der Waals surface area contributed by atoms with Crippen molar-refractivity contribution in [2.45, 2.75) is 4.90 Å². The number of hydrogen-bond donors (Lipinski definition) is 1. The molecule has 2 rings (SSSR count). The summed E-state index contributed by atoms with van der Waals surface area (Å²) in [7, 11) is -3.89. The number of anilines is 1. The molecule has 0 saturated heterocycles. The Morgan fingerprint density at radius 3 is 2.48 bits per heavy atom. The number of benzene rings is 1. The van der Waals surface area contributed by atoms with Crippen LogP contribution in [0.4, 0.5) is 11.4 Å². The van der Waals surface area contributed by atoms with Crippen molar-refractivity contribution in [3.8, 4) is 0 Å². The van der Waals surface area contributed by atoms with E-state index in [9.17, 15) is 18.5 Å². The van der Waals surface area contributed by atoms with E-state index in [1.807, 2.05) is 0 Å². The first-order valence-electron chi connectivity index (χ1n) is 5.38. The molecule has 1 aromatic heterocycles. The zero-order chi connectivity index (χ0) is 15.6. The smallest absolute Gasteiger partial charge is 0.280 e. The topological polar surface area (TPSA) is 102 Å². The van der Waals surface area contributed by atoms with Gasteiger partial charge in [-0.15, -0.1) is 0 Å². The largest absolute Gasteiger partial charge is 0.288 e. The maximum absolute atomic E-state index is 12.1. The Hall–Kier alpha value is -1.90. The molecule has 0 aliphatic heterocycles. The zero-order valence-corrected chi connectivity index (χ0v) is 12.5. The number of pyridine rings is 1. The Labute approximate surface area is 129 Å². The molecule has 0 spiro atoms. The fraction of sp³-hybridized carbons (Fsp3) is 0. The number of nitro benzene ring substituents is 1. The lowest BCUT2D eigenvalue weighted by atomic mass is 10.3. The van der Waals surface area contributed by atoms with Crippen molar-refractivity contribution < 1.29 is 13.3 Å². The van der Waals surface area contributed by atoms with Crippen LogP contribution in [0.15, 0.2) is 41.4 Å². The van der Waals surface area contributed by atoms with Crippen LogP contribution in [0, 0.1) is 10.1 Å². The molecular formula is C11H7Cl2N3O4S. The Kier molecular flexibility index (Phi) is 4.31. The summed E-state index contributed by atoms with van der Waals surface area (Å²) in [4.78, 5) is 13.6. The molecule has 110 valence electrons. The quantitative estimate of drug-likeness (QED) is 0.520. The molecule has 0 radical (unpaired) electrons. The van der Waals surface area contributed by atoms with Crippen LogP contribution in [-0.4, -0.2) is 18.3 Å². The summed E-state index contributed by atoms with van der Waals surface area (Å²) in [6.07, 6.45) is 1.25. The minimum absolute atomic E-state index is 0.0274. The number of hydrogen-bond acceptors (Lipinski definition) is 5. The highest BCUT2D eigenvalue weighted by atomic mass is 35.5. The highest BCUT2D eigenvalue weighted by Gasteiger charge is 2.17. The van der Waals surface area contributed by atoms with Crippen molar-refractivity contribution in [1.29, 1.82) is 0 Å². The molecule has 0 aliphatic rings. The number of rotatable bonds is 4. The van der Waals surface area contributed by atoms with Gasteiger partial charge in [0.2, 0.25) is 0 Å². The third kappa shape index (κ3) is 3.60. The molecule has 0 amide bonds. The molecule has 0 atom stereocenters. The van der Waals surface area contributed by atoms with Crippen molar-refractivity contribution in [2.75, 3.05) is 4.72 Å². The standard InChI is InChI=1S/C11H7Cl2N3O4S/c12-9-5-7(1-2-10(9)16(17)18)15-21(19,20)8-3-4-14-11(13)6-8/h1-6,15H. The predicted molar refractivity (Wildman–Crippen MR) is 78.2 cm³/mol. The zero-order valence-electron chi connectivity index (χ0n) is 10.2. The van der Waals surface area contributed by atoms with E-state index in [1.165, 1.54) is 24.4 Å². The van der Waals surface area contributed by atoms with Crippen LogP contribution in [0.25, 0.3) is 0 Å². The molecule has 1 heterocycles. The second-order valence-electron chi connectivity index (χ2n) is 3.84. The van der Waals surface area contributed by atoms with Crippen LogP contribution in [0.5, 0.6) is 0 Å². The number of halogens is 2. The van der Waals surface area contributed by atoms with E-state index in [-0.39, 0.29) is 26.4 Å². The van der Waals surface area contributed by atoms with E-state index in [0.717, 1.165) is 12.1 Å². The second kappa shape index (κ2) is 5.84. The highest BCUT2D eigenvalue weighted by Crippen LogP contribution is 2.28. The van der Waals surface area contributed by atoms with Crippen LogP contribution in [-0.2, 0) is 10.0 Å². The van der Waals surface area contributed by atoms with Gasteiger partial charge in [0.05, 0.1) is 15.5 Å². The van der Waals surface area contributed by atoms with E-state index >= 15 is 0 Å². The van der Waals surface area contributed by atoms with Gasteiger partial charge in [-0.1, -0.05) is 23.2 Å². The van der Waals surface area contributed by atoms with E-state index in [0.29, 0.717) is 0 Å². The van der Waals surface area contributed by atoms with E-state index in [2.05, 4.69) is 9.71 Å². The van der Waals surface area contributed by atoms with Crippen LogP contribution >= 0.6 is 23.2 Å².